The average molecular weight is 292 g/mol. The van der Waals surface area contributed by atoms with E-state index in [1.165, 1.54) is 0 Å². The Hall–Kier alpha value is -2.55. The second kappa shape index (κ2) is 5.34. The van der Waals surface area contributed by atoms with Crippen LogP contribution >= 0.6 is 0 Å². The van der Waals surface area contributed by atoms with Gasteiger partial charge >= 0.3 is 0 Å². The van der Waals surface area contributed by atoms with Gasteiger partial charge in [0.2, 0.25) is 0 Å². The van der Waals surface area contributed by atoms with Crippen molar-refractivity contribution < 1.29 is 14.3 Å². The van der Waals surface area contributed by atoms with Gasteiger partial charge in [-0.3, -0.25) is 4.79 Å². The molecular weight excluding hydrogens is 276 g/mol. The zero-order chi connectivity index (χ0) is 14.9. The van der Waals surface area contributed by atoms with Crippen LogP contribution < -0.4 is 4.74 Å². The molecule has 2 aromatic carbocycles. The Kier molecular flexibility index (Phi) is 3.19. The molecule has 3 atom stereocenters. The third-order valence-corrected chi connectivity index (χ3v) is 4.28. The molecule has 0 amide bonds. The van der Waals surface area contributed by atoms with E-state index < -0.39 is 0 Å². The first-order valence-corrected chi connectivity index (χ1v) is 7.48. The molecule has 110 valence electrons. The van der Waals surface area contributed by atoms with Crippen LogP contribution in [0.5, 0.6) is 5.75 Å². The summed E-state index contributed by atoms with van der Waals surface area (Å²) in [5.74, 6) is 1.44. The van der Waals surface area contributed by atoms with Crippen molar-refractivity contribution in [2.75, 3.05) is 6.61 Å². The average Bonchev–Trinajstić information content (AvgIpc) is 3.08. The topological polar surface area (TPSA) is 35.5 Å². The van der Waals surface area contributed by atoms with Crippen molar-refractivity contribution in [2.24, 2.45) is 5.92 Å². The highest BCUT2D eigenvalue weighted by atomic mass is 16.6. The molecule has 1 aliphatic heterocycles. The van der Waals surface area contributed by atoms with Gasteiger partial charge in [0, 0.05) is 6.08 Å². The minimum atomic E-state index is -0.201. The minimum absolute atomic E-state index is 0.0323. The molecule has 22 heavy (non-hydrogen) atoms. The molecule has 2 aliphatic rings. The molecule has 0 bridgehead atoms. The van der Waals surface area contributed by atoms with Crippen LogP contribution in [0, 0.1) is 5.92 Å². The van der Waals surface area contributed by atoms with Crippen molar-refractivity contribution in [3.05, 3.63) is 78.1 Å². The first kappa shape index (κ1) is 13.1. The number of hydrogen-bond acceptors (Lipinski definition) is 3. The lowest BCUT2D eigenvalue weighted by molar-refractivity contribution is -0.116. The Morgan fingerprint density at radius 2 is 1.64 bits per heavy atom. The zero-order valence-corrected chi connectivity index (χ0v) is 12.0. The predicted molar refractivity (Wildman–Crippen MR) is 82.6 cm³/mol. The summed E-state index contributed by atoms with van der Waals surface area (Å²) in [7, 11) is 0. The third-order valence-electron chi connectivity index (χ3n) is 4.28. The Balaban J connectivity index is 1.63. The monoisotopic (exact) mass is 292 g/mol. The minimum Gasteiger partial charge on any atom is -0.493 e. The number of ether oxygens (including phenoxy) is 2. The van der Waals surface area contributed by atoms with Crippen LogP contribution in [0.3, 0.4) is 0 Å². The number of carbonyl (C=O) groups excluding carboxylic acids is 1. The second-order valence-electron chi connectivity index (χ2n) is 5.64. The lowest BCUT2D eigenvalue weighted by atomic mass is 9.84. The molecule has 0 spiro atoms. The molecule has 0 saturated carbocycles. The van der Waals surface area contributed by atoms with Gasteiger partial charge in [-0.15, -0.1) is 0 Å². The maximum absolute atomic E-state index is 12.4. The molecule has 1 saturated heterocycles. The van der Waals surface area contributed by atoms with Gasteiger partial charge in [0.05, 0.1) is 11.8 Å². The van der Waals surface area contributed by atoms with E-state index in [1.54, 1.807) is 6.08 Å². The van der Waals surface area contributed by atoms with Crippen LogP contribution in [0.1, 0.15) is 11.5 Å². The van der Waals surface area contributed by atoms with Crippen molar-refractivity contribution >= 4 is 5.78 Å². The predicted octanol–water partition coefficient (Wildman–Crippen LogP) is 3.33. The molecule has 1 heterocycles. The van der Waals surface area contributed by atoms with Gasteiger partial charge < -0.3 is 9.47 Å². The van der Waals surface area contributed by atoms with E-state index in [4.69, 9.17) is 9.47 Å². The van der Waals surface area contributed by atoms with Crippen molar-refractivity contribution in [1.29, 1.82) is 0 Å². The molecule has 2 aromatic rings. The summed E-state index contributed by atoms with van der Waals surface area (Å²) in [4.78, 5) is 12.4. The molecule has 1 fully saturated rings. The summed E-state index contributed by atoms with van der Waals surface area (Å²) in [5, 5.41) is 0. The van der Waals surface area contributed by atoms with Crippen LogP contribution in [0.15, 0.2) is 72.5 Å². The SMILES string of the molecule is O=C1C=C2OCC(Oc3ccccc3)C2C1c1ccccc1. The van der Waals surface area contributed by atoms with Crippen molar-refractivity contribution in [1.82, 2.24) is 0 Å². The van der Waals surface area contributed by atoms with Gasteiger partial charge in [-0.25, -0.2) is 0 Å². The first-order chi connectivity index (χ1) is 10.8. The van der Waals surface area contributed by atoms with E-state index >= 15 is 0 Å². The van der Waals surface area contributed by atoms with E-state index in [1.807, 2.05) is 60.7 Å². The Morgan fingerprint density at radius 1 is 0.955 bits per heavy atom. The number of hydrogen-bond donors (Lipinski definition) is 0. The summed E-state index contributed by atoms with van der Waals surface area (Å²) in [6, 6.07) is 19.6. The van der Waals surface area contributed by atoms with Gasteiger partial charge in [-0.1, -0.05) is 48.5 Å². The fraction of sp³-hybridized carbons (Fsp3) is 0.211. The highest BCUT2D eigenvalue weighted by Crippen LogP contribution is 2.44. The molecule has 1 aliphatic carbocycles. The molecule has 4 rings (SSSR count). The molecule has 0 radical (unpaired) electrons. The largest absolute Gasteiger partial charge is 0.493 e. The number of para-hydroxylation sites is 1. The molecule has 0 N–H and O–H groups in total. The molecular formula is C19H16O3. The van der Waals surface area contributed by atoms with Crippen molar-refractivity contribution in [2.45, 2.75) is 12.0 Å². The van der Waals surface area contributed by atoms with Gasteiger partial charge in [-0.2, -0.15) is 0 Å². The van der Waals surface area contributed by atoms with Crippen molar-refractivity contribution in [3.8, 4) is 5.75 Å². The molecule has 0 aromatic heterocycles. The van der Waals surface area contributed by atoms with Gasteiger partial charge in [0.25, 0.3) is 0 Å². The van der Waals surface area contributed by atoms with E-state index in [0.29, 0.717) is 6.61 Å². The number of rotatable bonds is 3. The Morgan fingerprint density at radius 3 is 2.36 bits per heavy atom. The van der Waals surface area contributed by atoms with Crippen molar-refractivity contribution in [3.63, 3.8) is 0 Å². The standard InChI is InChI=1S/C19H16O3/c20-15-11-16-19(18(15)13-7-3-1-4-8-13)17(12-21-16)22-14-9-5-2-6-10-14/h1-11,17-19H,12H2. The van der Waals surface area contributed by atoms with E-state index in [0.717, 1.165) is 17.1 Å². The Labute approximate surface area is 129 Å². The number of allylic oxidation sites excluding steroid dienone is 1. The summed E-state index contributed by atoms with van der Waals surface area (Å²) < 4.78 is 11.8. The van der Waals surface area contributed by atoms with Gasteiger partial charge in [-0.05, 0) is 17.7 Å². The highest BCUT2D eigenvalue weighted by molar-refractivity contribution is 5.99. The number of carbonyl (C=O) groups is 1. The molecule has 3 heteroatoms. The van der Waals surface area contributed by atoms with Crippen LogP contribution in [0.2, 0.25) is 0 Å². The zero-order valence-electron chi connectivity index (χ0n) is 12.0. The fourth-order valence-electron chi connectivity index (χ4n) is 3.30. The molecule has 3 unspecified atom stereocenters. The van der Waals surface area contributed by atoms with E-state index in [9.17, 15) is 4.79 Å². The third kappa shape index (κ3) is 2.19. The number of benzene rings is 2. The number of ketones is 1. The lowest BCUT2D eigenvalue weighted by Crippen LogP contribution is -2.30. The maximum Gasteiger partial charge on any atom is 0.167 e. The summed E-state index contributed by atoms with van der Waals surface area (Å²) in [6.45, 7) is 0.488. The van der Waals surface area contributed by atoms with Gasteiger partial charge in [0.15, 0.2) is 5.78 Å². The summed E-state index contributed by atoms with van der Waals surface area (Å²) in [6.07, 6.45) is 1.50. The Bertz CT molecular complexity index is 706. The van der Waals surface area contributed by atoms with E-state index in [2.05, 4.69) is 0 Å². The van der Waals surface area contributed by atoms with Gasteiger partial charge in [0.1, 0.15) is 24.2 Å². The van der Waals surface area contributed by atoms with Crippen LogP contribution in [-0.4, -0.2) is 18.5 Å². The maximum atomic E-state index is 12.4. The first-order valence-electron chi connectivity index (χ1n) is 7.48. The molecule has 3 nitrogen and oxygen atoms in total. The van der Waals surface area contributed by atoms with Crippen LogP contribution in [0.25, 0.3) is 0 Å². The normalized spacial score (nSPS) is 26.3. The highest BCUT2D eigenvalue weighted by Gasteiger charge is 2.48. The number of fused-ring (bicyclic) bond motifs is 1. The summed E-state index contributed by atoms with van der Waals surface area (Å²) in [5.41, 5.74) is 1.02. The lowest BCUT2D eigenvalue weighted by Gasteiger charge is -2.22. The van der Waals surface area contributed by atoms with E-state index in [-0.39, 0.29) is 23.7 Å². The second-order valence-corrected chi connectivity index (χ2v) is 5.64. The summed E-state index contributed by atoms with van der Waals surface area (Å²) >= 11 is 0. The van der Waals surface area contributed by atoms with Crippen LogP contribution in [-0.2, 0) is 9.53 Å². The smallest absolute Gasteiger partial charge is 0.167 e. The fourth-order valence-corrected chi connectivity index (χ4v) is 3.30. The van der Waals surface area contributed by atoms with Crippen LogP contribution in [0.4, 0.5) is 0 Å². The quantitative estimate of drug-likeness (QED) is 0.870.